The lowest BCUT2D eigenvalue weighted by molar-refractivity contribution is -0.0341. The van der Waals surface area contributed by atoms with Crippen molar-refractivity contribution in [2.45, 2.75) is 44.8 Å². The van der Waals surface area contributed by atoms with E-state index in [2.05, 4.69) is 30.7 Å². The van der Waals surface area contributed by atoms with Gasteiger partial charge in [0, 0.05) is 17.8 Å². The lowest BCUT2D eigenvalue weighted by atomic mass is 10.1. The predicted octanol–water partition coefficient (Wildman–Crippen LogP) is 2.23. The van der Waals surface area contributed by atoms with Crippen molar-refractivity contribution in [3.63, 3.8) is 0 Å². The van der Waals surface area contributed by atoms with Crippen molar-refractivity contribution in [2.75, 3.05) is 30.7 Å². The third-order valence-corrected chi connectivity index (χ3v) is 8.47. The Morgan fingerprint density at radius 2 is 1.96 bits per heavy atom. The summed E-state index contributed by atoms with van der Waals surface area (Å²) in [5.41, 5.74) is 7.37. The minimum Gasteiger partial charge on any atom is -0.494 e. The number of aromatic amines is 1. The number of carbonyl (C=O) groups excluding carboxylic acids is 1. The summed E-state index contributed by atoms with van der Waals surface area (Å²) in [4.78, 5) is 35.3. The van der Waals surface area contributed by atoms with Crippen LogP contribution in [-0.2, 0) is 4.74 Å². The number of carbonyl (C=O) groups is 1. The Balaban J connectivity index is 0.941. The van der Waals surface area contributed by atoms with Crippen LogP contribution in [0.25, 0.3) is 16.9 Å². The summed E-state index contributed by atoms with van der Waals surface area (Å²) < 4.78 is 29.3. The number of hydrogen-bond donors (Lipinski definition) is 6. The van der Waals surface area contributed by atoms with Crippen LogP contribution in [-0.4, -0.2) is 83.4 Å². The number of nitrogens with zero attached hydrogens (tertiary/aromatic N) is 5. The third-order valence-electron chi connectivity index (χ3n) is 7.93. The molecule has 4 atom stereocenters. The first-order chi connectivity index (χ1) is 23.0. The Morgan fingerprint density at radius 1 is 1.19 bits per heavy atom. The molecule has 1 fully saturated rings. The van der Waals surface area contributed by atoms with Crippen molar-refractivity contribution in [1.29, 1.82) is 0 Å². The second kappa shape index (κ2) is 13.7. The van der Waals surface area contributed by atoms with Crippen LogP contribution in [0.5, 0.6) is 5.75 Å². The van der Waals surface area contributed by atoms with Crippen molar-refractivity contribution < 1.29 is 28.9 Å². The van der Waals surface area contributed by atoms with Gasteiger partial charge in [-0.05, 0) is 69.3 Å². The molecule has 48 heavy (non-hydrogen) atoms. The van der Waals surface area contributed by atoms with Gasteiger partial charge in [0.05, 0.1) is 29.3 Å². The maximum absolute atomic E-state index is 14.9. The predicted molar refractivity (Wildman–Crippen MR) is 174 cm³/mol. The fourth-order valence-electron chi connectivity index (χ4n) is 5.41. The molecule has 4 heterocycles. The molecular formula is C31H33ClFN9O6. The molecule has 0 aliphatic carbocycles. The summed E-state index contributed by atoms with van der Waals surface area (Å²) in [5, 5.41) is 31.8. The summed E-state index contributed by atoms with van der Waals surface area (Å²) in [6, 6.07) is 10.9. The number of ether oxygens (including phenoxy) is 2. The SMILES string of the molecule is Cc1nn(-c2ccc(NC(=O)c3ccc(OCCCNCC4O[C@H](n5cnc6c(=O)[nH]c(N)nc65)[C@H](O)[C@@H]4O)cc3)cc2F)c(C)c1Cl. The Morgan fingerprint density at radius 3 is 2.67 bits per heavy atom. The molecule has 252 valence electrons. The van der Waals surface area contributed by atoms with Crippen LogP contribution in [0.1, 0.15) is 34.4 Å². The van der Waals surface area contributed by atoms with Gasteiger partial charge in [-0.15, -0.1) is 0 Å². The van der Waals surface area contributed by atoms with Gasteiger partial charge in [-0.25, -0.2) is 14.1 Å². The molecule has 1 aliphatic rings. The average molecular weight is 682 g/mol. The van der Waals surface area contributed by atoms with E-state index in [1.807, 2.05) is 0 Å². The van der Waals surface area contributed by atoms with Gasteiger partial charge in [-0.1, -0.05) is 11.6 Å². The minimum atomic E-state index is -1.28. The number of nitrogen functional groups attached to an aromatic ring is 1. The summed E-state index contributed by atoms with van der Waals surface area (Å²) in [6.07, 6.45) is -2.31. The van der Waals surface area contributed by atoms with Gasteiger partial charge in [0.2, 0.25) is 5.95 Å². The van der Waals surface area contributed by atoms with Crippen LogP contribution in [0.4, 0.5) is 16.0 Å². The van der Waals surface area contributed by atoms with Crippen LogP contribution >= 0.6 is 11.6 Å². The molecule has 1 unspecified atom stereocenters. The number of anilines is 2. The van der Waals surface area contributed by atoms with Gasteiger partial charge in [-0.2, -0.15) is 10.1 Å². The molecular weight excluding hydrogens is 649 g/mol. The highest BCUT2D eigenvalue weighted by molar-refractivity contribution is 6.31. The number of hydrogen-bond acceptors (Lipinski definition) is 11. The number of nitrogens with two attached hydrogens (primary N) is 1. The van der Waals surface area contributed by atoms with Crippen molar-refractivity contribution in [1.82, 2.24) is 34.6 Å². The minimum absolute atomic E-state index is 0.0374. The molecule has 15 nitrogen and oxygen atoms in total. The third kappa shape index (κ3) is 6.61. The molecule has 1 aliphatic heterocycles. The quantitative estimate of drug-likeness (QED) is 0.111. The lowest BCUT2D eigenvalue weighted by Gasteiger charge is -2.16. The van der Waals surface area contributed by atoms with Crippen molar-refractivity contribution in [2.24, 2.45) is 0 Å². The molecule has 6 rings (SSSR count). The van der Waals surface area contributed by atoms with Crippen LogP contribution in [0.3, 0.4) is 0 Å². The van der Waals surface area contributed by atoms with Gasteiger partial charge in [0.1, 0.15) is 29.7 Å². The van der Waals surface area contributed by atoms with E-state index in [4.69, 9.17) is 26.8 Å². The van der Waals surface area contributed by atoms with E-state index in [1.165, 1.54) is 27.7 Å². The fraction of sp³-hybridized carbons (Fsp3) is 0.323. The number of imidazole rings is 1. The number of H-pyrrole nitrogens is 1. The van der Waals surface area contributed by atoms with Crippen LogP contribution in [0, 0.1) is 19.7 Å². The Kier molecular flexibility index (Phi) is 9.43. The molecule has 0 spiro atoms. The largest absolute Gasteiger partial charge is 0.494 e. The molecule has 0 radical (unpaired) electrons. The smallest absolute Gasteiger partial charge is 0.280 e. The van der Waals surface area contributed by atoms with Crippen molar-refractivity contribution >= 4 is 40.3 Å². The first kappa shape index (κ1) is 33.0. The second-order valence-electron chi connectivity index (χ2n) is 11.3. The standard InChI is InChI=1S/C31H33ClFN9O6/c1-15-23(32)16(2)42(40-15)21-9-6-18(12-20(21)33)37-28(45)17-4-7-19(8-5-17)47-11-3-10-35-13-22-25(43)26(44)30(48-22)41-14-36-24-27(41)38-31(34)39-29(24)46/h4-9,12,14,22,25-26,30,35,43-44H,3,10-11,13H2,1-2H3,(H,37,45)(H3,34,38,39,46)/t22?,25-,26-,30+/m1/s1. The maximum atomic E-state index is 14.9. The van der Waals surface area contributed by atoms with Gasteiger partial charge in [0.25, 0.3) is 11.5 Å². The number of amides is 1. The normalized spacial score (nSPS) is 19.2. The number of aromatic nitrogens is 6. The first-order valence-electron chi connectivity index (χ1n) is 15.0. The molecule has 7 N–H and O–H groups in total. The van der Waals surface area contributed by atoms with Gasteiger partial charge in [-0.3, -0.25) is 19.1 Å². The fourth-order valence-corrected chi connectivity index (χ4v) is 5.53. The van der Waals surface area contributed by atoms with E-state index in [1.54, 1.807) is 44.2 Å². The molecule has 1 saturated heterocycles. The van der Waals surface area contributed by atoms with Gasteiger partial charge in [0.15, 0.2) is 23.2 Å². The molecule has 1 amide bonds. The van der Waals surface area contributed by atoms with Gasteiger partial charge < -0.3 is 36.1 Å². The number of aryl methyl sites for hydroxylation is 1. The summed E-state index contributed by atoms with van der Waals surface area (Å²) in [5.74, 6) is -0.520. The summed E-state index contributed by atoms with van der Waals surface area (Å²) in [6.45, 7) is 4.62. The highest BCUT2D eigenvalue weighted by Crippen LogP contribution is 2.31. The maximum Gasteiger partial charge on any atom is 0.280 e. The lowest BCUT2D eigenvalue weighted by Crippen LogP contribution is -2.38. The van der Waals surface area contributed by atoms with E-state index in [0.717, 1.165) is 0 Å². The number of aliphatic hydroxyl groups is 2. The average Bonchev–Trinajstić information content (AvgIpc) is 3.69. The molecule has 3 aromatic heterocycles. The highest BCUT2D eigenvalue weighted by Gasteiger charge is 2.44. The van der Waals surface area contributed by atoms with E-state index in [0.29, 0.717) is 47.3 Å². The van der Waals surface area contributed by atoms with Crippen molar-refractivity contribution in [3.05, 3.63) is 86.9 Å². The topological polar surface area (TPSA) is 207 Å². The Hall–Kier alpha value is -4.87. The zero-order valence-electron chi connectivity index (χ0n) is 25.9. The zero-order chi connectivity index (χ0) is 34.1. The number of nitrogens with one attached hydrogen (secondary N) is 3. The Bertz CT molecular complexity index is 2010. The van der Waals surface area contributed by atoms with E-state index < -0.39 is 41.8 Å². The molecule has 17 heteroatoms. The number of fused-ring (bicyclic) bond motifs is 1. The number of benzene rings is 2. The number of halogens is 2. The summed E-state index contributed by atoms with van der Waals surface area (Å²) >= 11 is 6.19. The van der Waals surface area contributed by atoms with E-state index in [9.17, 15) is 24.2 Å². The molecule has 0 saturated carbocycles. The molecule has 0 bridgehead atoms. The van der Waals surface area contributed by atoms with Crippen LogP contribution in [0.2, 0.25) is 5.02 Å². The van der Waals surface area contributed by atoms with Crippen molar-refractivity contribution in [3.8, 4) is 11.4 Å². The van der Waals surface area contributed by atoms with Crippen LogP contribution < -0.4 is 26.7 Å². The monoisotopic (exact) mass is 681 g/mol. The van der Waals surface area contributed by atoms with E-state index in [-0.39, 0.29) is 35.0 Å². The molecule has 2 aromatic carbocycles. The van der Waals surface area contributed by atoms with Gasteiger partial charge >= 0.3 is 0 Å². The van der Waals surface area contributed by atoms with E-state index >= 15 is 0 Å². The van der Waals surface area contributed by atoms with Crippen LogP contribution in [0.15, 0.2) is 53.6 Å². The number of aliphatic hydroxyl groups excluding tert-OH is 2. The zero-order valence-corrected chi connectivity index (χ0v) is 26.6. The summed E-state index contributed by atoms with van der Waals surface area (Å²) in [7, 11) is 0. The number of rotatable bonds is 11. The first-order valence-corrected chi connectivity index (χ1v) is 15.4. The second-order valence-corrected chi connectivity index (χ2v) is 11.6. The molecule has 5 aromatic rings. The highest BCUT2D eigenvalue weighted by atomic mass is 35.5. The Labute approximate surface area is 277 Å².